The van der Waals surface area contributed by atoms with Crippen LogP contribution < -0.4 is 16.4 Å². The number of carbonyl (C=O) groups is 3. The van der Waals surface area contributed by atoms with E-state index in [1.807, 2.05) is 0 Å². The van der Waals surface area contributed by atoms with Gasteiger partial charge in [0.2, 0.25) is 5.78 Å². The van der Waals surface area contributed by atoms with Crippen LogP contribution >= 0.6 is 11.3 Å². The molecule has 0 aliphatic carbocycles. The molecule has 15 heteroatoms. The zero-order valence-corrected chi connectivity index (χ0v) is 22.6. The van der Waals surface area contributed by atoms with Crippen molar-refractivity contribution in [3.8, 4) is 0 Å². The molecule has 41 heavy (non-hydrogen) atoms. The lowest BCUT2D eigenvalue weighted by Gasteiger charge is -2.32. The fraction of sp³-hybridized carbons (Fsp3) is 0.308. The molecule has 220 valence electrons. The van der Waals surface area contributed by atoms with Crippen LogP contribution in [0.5, 0.6) is 0 Å². The van der Waals surface area contributed by atoms with Crippen LogP contribution in [-0.2, 0) is 4.79 Å². The fourth-order valence-electron chi connectivity index (χ4n) is 3.96. The third-order valence-corrected chi connectivity index (χ3v) is 7.44. The number of aromatic nitrogens is 1. The number of benzene rings is 2. The van der Waals surface area contributed by atoms with Gasteiger partial charge in [0.15, 0.2) is 5.13 Å². The number of nitrogens with zero attached hydrogens (tertiary/aromatic N) is 2. The van der Waals surface area contributed by atoms with Gasteiger partial charge >= 0.3 is 12.1 Å². The van der Waals surface area contributed by atoms with Crippen LogP contribution in [0.3, 0.4) is 0 Å². The minimum atomic E-state index is -5.08. The number of aliphatic carboxylic acids is 1. The number of thiazole rings is 1. The molecule has 1 atom stereocenters. The summed E-state index contributed by atoms with van der Waals surface area (Å²) in [6, 6.07) is 9.96. The molecule has 2 aromatic carbocycles. The Bertz CT molecular complexity index is 1410. The van der Waals surface area contributed by atoms with Crippen LogP contribution in [0.4, 0.5) is 38.6 Å². The molecule has 1 saturated heterocycles. The number of hydrogen-bond acceptors (Lipinski definition) is 8. The van der Waals surface area contributed by atoms with Gasteiger partial charge in [-0.3, -0.25) is 14.5 Å². The largest absolute Gasteiger partial charge is 0.490 e. The maximum absolute atomic E-state index is 14.0. The number of ketones is 1. The van der Waals surface area contributed by atoms with Crippen LogP contribution in [0.1, 0.15) is 45.4 Å². The summed E-state index contributed by atoms with van der Waals surface area (Å²) in [6.07, 6.45) is -2.93. The summed E-state index contributed by atoms with van der Waals surface area (Å²) < 4.78 is 59.7. The molecule has 4 rings (SSSR count). The first-order valence-corrected chi connectivity index (χ1v) is 12.9. The number of likely N-dealkylation sites (N-methyl/N-ethyl adjacent to an activating group) is 1. The topological polar surface area (TPSA) is 138 Å². The predicted octanol–water partition coefficient (Wildman–Crippen LogP) is 4.83. The van der Waals surface area contributed by atoms with Gasteiger partial charge in [-0.15, -0.1) is 0 Å². The Labute approximate surface area is 235 Å². The van der Waals surface area contributed by atoms with Gasteiger partial charge in [0.25, 0.3) is 5.91 Å². The Hall–Kier alpha value is -4.11. The van der Waals surface area contributed by atoms with Gasteiger partial charge in [0, 0.05) is 23.3 Å². The zero-order valence-electron chi connectivity index (χ0n) is 21.8. The first-order chi connectivity index (χ1) is 19.1. The number of alkyl halides is 3. The number of likely N-dealkylation sites (tertiary alicyclic amines) is 1. The molecule has 1 aliphatic heterocycles. The Kier molecular flexibility index (Phi) is 9.65. The molecule has 2 heterocycles. The van der Waals surface area contributed by atoms with Gasteiger partial charge in [-0.25, -0.2) is 18.6 Å². The second-order valence-electron chi connectivity index (χ2n) is 9.37. The average Bonchev–Trinajstić information content (AvgIpc) is 3.43. The van der Waals surface area contributed by atoms with Gasteiger partial charge in [-0.1, -0.05) is 17.4 Å². The van der Waals surface area contributed by atoms with Crippen LogP contribution in [0, 0.1) is 11.6 Å². The summed E-state index contributed by atoms with van der Waals surface area (Å²) in [5.74, 6) is -5.84. The highest BCUT2D eigenvalue weighted by molar-refractivity contribution is 7.18. The molecular formula is C26H26F5N5O4S. The molecule has 1 fully saturated rings. The highest BCUT2D eigenvalue weighted by Crippen LogP contribution is 2.31. The van der Waals surface area contributed by atoms with E-state index in [2.05, 4.69) is 34.5 Å². The Morgan fingerprint density at radius 3 is 2.22 bits per heavy atom. The number of nitrogen functional groups attached to an aromatic ring is 1. The van der Waals surface area contributed by atoms with Crippen molar-refractivity contribution in [3.05, 3.63) is 70.1 Å². The highest BCUT2D eigenvalue weighted by atomic mass is 32.1. The van der Waals surface area contributed by atoms with Crippen LogP contribution in [0.25, 0.3) is 0 Å². The average molecular weight is 600 g/mol. The summed E-state index contributed by atoms with van der Waals surface area (Å²) in [5.41, 5.74) is 6.26. The number of hydrogen-bond donors (Lipinski definition) is 4. The van der Waals surface area contributed by atoms with Gasteiger partial charge in [-0.05, 0) is 69.8 Å². The van der Waals surface area contributed by atoms with Crippen molar-refractivity contribution in [2.75, 3.05) is 31.2 Å². The SMILES string of the molecule is CN1CCC[C@@]1(C)CNC(=O)c1ccc(Nc2nc(N)c(C(=O)c3c(F)cccc3F)s2)cc1.O=C(O)C(F)(F)F. The minimum Gasteiger partial charge on any atom is -0.475 e. The van der Waals surface area contributed by atoms with Crippen molar-refractivity contribution in [3.63, 3.8) is 0 Å². The number of rotatable bonds is 7. The molecule has 1 aliphatic rings. The molecule has 0 bridgehead atoms. The molecule has 0 saturated carbocycles. The van der Waals surface area contributed by atoms with Crippen molar-refractivity contribution >= 4 is 45.6 Å². The van der Waals surface area contributed by atoms with E-state index < -0.39 is 35.1 Å². The van der Waals surface area contributed by atoms with Crippen molar-refractivity contribution in [2.24, 2.45) is 0 Å². The van der Waals surface area contributed by atoms with E-state index in [9.17, 15) is 31.5 Å². The molecule has 5 N–H and O–H groups in total. The van der Waals surface area contributed by atoms with Gasteiger partial charge in [-0.2, -0.15) is 13.2 Å². The molecule has 9 nitrogen and oxygen atoms in total. The monoisotopic (exact) mass is 599 g/mol. The van der Waals surface area contributed by atoms with Crippen molar-refractivity contribution in [1.82, 2.24) is 15.2 Å². The minimum absolute atomic E-state index is 0.0390. The summed E-state index contributed by atoms with van der Waals surface area (Å²) in [6.45, 7) is 3.74. The second kappa shape index (κ2) is 12.6. The van der Waals surface area contributed by atoms with Gasteiger partial charge < -0.3 is 21.5 Å². The Morgan fingerprint density at radius 2 is 1.71 bits per heavy atom. The fourth-order valence-corrected chi connectivity index (χ4v) is 4.81. The quantitative estimate of drug-likeness (QED) is 0.224. The number of halogens is 5. The van der Waals surface area contributed by atoms with Gasteiger partial charge in [0.1, 0.15) is 22.3 Å². The van der Waals surface area contributed by atoms with Crippen LogP contribution in [0.15, 0.2) is 42.5 Å². The molecular weight excluding hydrogens is 573 g/mol. The van der Waals surface area contributed by atoms with E-state index in [-0.39, 0.29) is 27.3 Å². The van der Waals surface area contributed by atoms with Crippen molar-refractivity contribution in [2.45, 2.75) is 31.5 Å². The molecule has 3 aromatic rings. The number of nitrogens with two attached hydrogens (primary N) is 1. The predicted molar refractivity (Wildman–Crippen MR) is 142 cm³/mol. The molecule has 0 unspecified atom stereocenters. The first kappa shape index (κ1) is 31.4. The molecule has 0 radical (unpaired) electrons. The third kappa shape index (κ3) is 7.76. The van der Waals surface area contributed by atoms with Crippen molar-refractivity contribution in [1.29, 1.82) is 0 Å². The number of nitrogens with one attached hydrogen (secondary N) is 2. The lowest BCUT2D eigenvalue weighted by molar-refractivity contribution is -0.192. The van der Waals surface area contributed by atoms with Crippen LogP contribution in [-0.4, -0.2) is 64.5 Å². The first-order valence-electron chi connectivity index (χ1n) is 12.0. The second-order valence-corrected chi connectivity index (χ2v) is 10.4. The zero-order chi connectivity index (χ0) is 30.5. The van der Waals surface area contributed by atoms with E-state index in [0.29, 0.717) is 17.8 Å². The number of carboxylic acid groups (broad SMARTS) is 1. The van der Waals surface area contributed by atoms with E-state index >= 15 is 0 Å². The molecule has 0 spiro atoms. The van der Waals surface area contributed by atoms with Gasteiger partial charge in [0.05, 0.1) is 5.56 Å². The molecule has 1 amide bonds. The number of anilines is 3. The smallest absolute Gasteiger partial charge is 0.475 e. The van der Waals surface area contributed by atoms with E-state index in [0.717, 1.165) is 42.9 Å². The maximum atomic E-state index is 14.0. The Morgan fingerprint density at radius 1 is 1.12 bits per heavy atom. The standard InChI is InChI=1S/C24H25F2N5O2S.C2HF3O2/c1-24(11-4-12-31(24)2)13-28-22(33)14-7-9-15(10-8-14)29-23-30-21(27)20(34-23)19(32)18-16(25)5-3-6-17(18)26;3-2(4,5)1(6)7/h3,5-10H,4,11-13,27H2,1-2H3,(H,28,33)(H,29,30);(H,6,7)/t24-;/m0./s1. The van der Waals surface area contributed by atoms with E-state index in [4.69, 9.17) is 15.6 Å². The van der Waals surface area contributed by atoms with E-state index in [1.54, 1.807) is 24.3 Å². The summed E-state index contributed by atoms with van der Waals surface area (Å²) in [4.78, 5) is 40.4. The lowest BCUT2D eigenvalue weighted by atomic mass is 9.99. The number of carbonyl (C=O) groups excluding carboxylic acids is 2. The summed E-state index contributed by atoms with van der Waals surface area (Å²) >= 11 is 0.893. The van der Waals surface area contributed by atoms with Crippen LogP contribution in [0.2, 0.25) is 0 Å². The third-order valence-electron chi connectivity index (χ3n) is 6.45. The highest BCUT2D eigenvalue weighted by Gasteiger charge is 2.38. The summed E-state index contributed by atoms with van der Waals surface area (Å²) in [7, 11) is 2.07. The number of amides is 1. The lowest BCUT2D eigenvalue weighted by Crippen LogP contribution is -2.48. The normalized spacial score (nSPS) is 17.0. The summed E-state index contributed by atoms with van der Waals surface area (Å²) in [5, 5.41) is 13.4. The molecule has 1 aromatic heterocycles. The Balaban J connectivity index is 0.000000587. The maximum Gasteiger partial charge on any atom is 0.490 e. The number of carboxylic acids is 1. The van der Waals surface area contributed by atoms with Crippen molar-refractivity contribution < 1.29 is 41.4 Å². The van der Waals surface area contributed by atoms with E-state index in [1.165, 1.54) is 6.07 Å².